The second-order valence-electron chi connectivity index (χ2n) is 19.1. The third kappa shape index (κ3) is 7.14. The van der Waals surface area contributed by atoms with Crippen LogP contribution in [0.4, 0.5) is 0 Å². The fourth-order valence-corrected chi connectivity index (χ4v) is 11.1. The van der Waals surface area contributed by atoms with Crippen LogP contribution in [-0.2, 0) is 0 Å². The Morgan fingerprint density at radius 3 is 1.47 bits per heavy atom. The molecule has 0 fully saturated rings. The molecule has 0 aliphatic rings. The molecule has 0 bridgehead atoms. The molecule has 0 saturated carbocycles. The molecule has 0 saturated heterocycles. The lowest BCUT2D eigenvalue weighted by molar-refractivity contribution is 0.666. The predicted octanol–water partition coefficient (Wildman–Crippen LogP) is 18.4. The van der Waals surface area contributed by atoms with Crippen LogP contribution in [0.3, 0.4) is 0 Å². The Morgan fingerprint density at radius 2 is 0.747 bits per heavy atom. The van der Waals surface area contributed by atoms with Crippen molar-refractivity contribution in [3.8, 4) is 84.4 Å². The highest BCUT2D eigenvalue weighted by Gasteiger charge is 2.22. The lowest BCUT2D eigenvalue weighted by Crippen LogP contribution is -2.00. The second-order valence-corrected chi connectivity index (χ2v) is 19.1. The first-order valence-corrected chi connectivity index (χ1v) is 25.2. The minimum atomic E-state index is 0.603. The van der Waals surface area contributed by atoms with Crippen molar-refractivity contribution in [1.82, 2.24) is 19.5 Å². The van der Waals surface area contributed by atoms with Crippen LogP contribution in [0, 0.1) is 0 Å². The van der Waals surface area contributed by atoms with E-state index >= 15 is 0 Å². The van der Waals surface area contributed by atoms with E-state index in [9.17, 15) is 0 Å². The molecule has 15 rings (SSSR count). The van der Waals surface area contributed by atoms with Crippen LogP contribution in [0.5, 0.6) is 0 Å². The lowest BCUT2D eigenvalue weighted by Gasteiger charge is -2.13. The fourth-order valence-electron chi connectivity index (χ4n) is 11.1. The maximum absolute atomic E-state index is 6.92. The normalized spacial score (nSPS) is 11.7. The van der Waals surface area contributed by atoms with Gasteiger partial charge in [-0.05, 0) is 99.6 Å². The molecule has 350 valence electrons. The molecule has 0 aliphatic carbocycles. The number of hydrogen-bond acceptors (Lipinski definition) is 5. The standard InChI is InChI=1S/C69H42N4O2/c1-4-18-43(19-5-1)47-34-37-60-57(40-47)54-28-10-13-31-59(54)73(60)61-42-51(41-58-55-29-11-14-32-62(55)74-65(58)61)46-24-16-26-49(38-46)53-36-35-52(64-56-30-12-15-33-63(56)75-66(53)64)48-25-17-27-50(39-48)69-71-67(44-20-6-2-7-21-44)70-68(72-69)45-22-8-3-9-23-45/h1-42H. The predicted molar refractivity (Wildman–Crippen MR) is 307 cm³/mol. The molecule has 0 N–H and O–H groups in total. The van der Waals surface area contributed by atoms with Gasteiger partial charge in [0.1, 0.15) is 16.7 Å². The monoisotopic (exact) mass is 958 g/mol. The highest BCUT2D eigenvalue weighted by molar-refractivity contribution is 6.17. The molecule has 0 amide bonds. The molecular formula is C69H42N4O2. The minimum Gasteiger partial charge on any atom is -0.455 e. The Labute approximate surface area is 431 Å². The van der Waals surface area contributed by atoms with Crippen LogP contribution in [0.25, 0.3) is 150 Å². The molecule has 75 heavy (non-hydrogen) atoms. The zero-order valence-electron chi connectivity index (χ0n) is 40.4. The van der Waals surface area contributed by atoms with Crippen molar-refractivity contribution in [2.75, 3.05) is 0 Å². The average Bonchev–Trinajstić information content (AvgIpc) is 4.21. The summed E-state index contributed by atoms with van der Waals surface area (Å²) >= 11 is 0. The summed E-state index contributed by atoms with van der Waals surface area (Å²) in [6, 6.07) is 89.3. The van der Waals surface area contributed by atoms with Gasteiger partial charge in [0.2, 0.25) is 0 Å². The van der Waals surface area contributed by atoms with Crippen molar-refractivity contribution in [1.29, 1.82) is 0 Å². The van der Waals surface area contributed by atoms with Crippen molar-refractivity contribution in [2.24, 2.45) is 0 Å². The number of aromatic nitrogens is 4. The number of benzene rings is 11. The SMILES string of the molecule is c1ccc(-c2ccc3c(c2)c2ccccc2n3-c2cc(-c3cccc(-c4ccc(-c5cccc(-c6nc(-c7ccccc7)nc(-c7ccccc7)n6)c5)c5c4oc4ccccc45)c3)cc3c2oc2ccccc23)cc1. The molecule has 15 aromatic rings. The minimum absolute atomic E-state index is 0.603. The number of para-hydroxylation sites is 3. The van der Waals surface area contributed by atoms with E-state index in [1.807, 2.05) is 72.8 Å². The molecule has 6 heteroatoms. The Bertz CT molecular complexity index is 4650. The Hall–Kier alpha value is -10.2. The topological polar surface area (TPSA) is 69.9 Å². The largest absolute Gasteiger partial charge is 0.455 e. The van der Waals surface area contributed by atoms with Gasteiger partial charge in [-0.25, -0.2) is 15.0 Å². The first-order chi connectivity index (χ1) is 37.2. The number of hydrogen-bond donors (Lipinski definition) is 0. The summed E-state index contributed by atoms with van der Waals surface area (Å²) in [6.07, 6.45) is 0. The zero-order valence-corrected chi connectivity index (χ0v) is 40.4. The lowest BCUT2D eigenvalue weighted by atomic mass is 9.92. The van der Waals surface area contributed by atoms with Gasteiger partial charge in [0.05, 0.1) is 16.7 Å². The van der Waals surface area contributed by atoms with Crippen LogP contribution < -0.4 is 0 Å². The molecule has 6 nitrogen and oxygen atoms in total. The Kier molecular flexibility index (Phi) is 9.78. The zero-order chi connectivity index (χ0) is 49.4. The molecule has 0 spiro atoms. The molecule has 4 heterocycles. The van der Waals surface area contributed by atoms with Gasteiger partial charge in [-0.15, -0.1) is 0 Å². The quantitative estimate of drug-likeness (QED) is 0.152. The second kappa shape index (κ2) is 17.3. The third-order valence-electron chi connectivity index (χ3n) is 14.6. The Balaban J connectivity index is 0.881. The van der Waals surface area contributed by atoms with Gasteiger partial charge < -0.3 is 13.4 Å². The van der Waals surface area contributed by atoms with E-state index < -0.39 is 0 Å². The van der Waals surface area contributed by atoms with E-state index in [0.29, 0.717) is 17.5 Å². The van der Waals surface area contributed by atoms with Gasteiger partial charge in [-0.3, -0.25) is 0 Å². The summed E-state index contributed by atoms with van der Waals surface area (Å²) in [4.78, 5) is 15.1. The number of nitrogens with zero attached hydrogens (tertiary/aromatic N) is 4. The fraction of sp³-hybridized carbons (Fsp3) is 0. The van der Waals surface area contributed by atoms with Gasteiger partial charge in [0.25, 0.3) is 0 Å². The van der Waals surface area contributed by atoms with Crippen molar-refractivity contribution in [2.45, 2.75) is 0 Å². The van der Waals surface area contributed by atoms with Crippen molar-refractivity contribution in [3.05, 3.63) is 255 Å². The first kappa shape index (κ1) is 42.5. The molecular weight excluding hydrogens is 917 g/mol. The maximum atomic E-state index is 6.92. The van der Waals surface area contributed by atoms with E-state index in [0.717, 1.165) is 111 Å². The molecule has 4 aromatic heterocycles. The van der Waals surface area contributed by atoms with Crippen molar-refractivity contribution in [3.63, 3.8) is 0 Å². The number of rotatable bonds is 8. The van der Waals surface area contributed by atoms with E-state index in [-0.39, 0.29) is 0 Å². The van der Waals surface area contributed by atoms with E-state index in [4.69, 9.17) is 23.8 Å². The summed E-state index contributed by atoms with van der Waals surface area (Å²) in [5, 5.41) is 6.61. The van der Waals surface area contributed by atoms with E-state index in [2.05, 4.69) is 187 Å². The van der Waals surface area contributed by atoms with Gasteiger partial charge in [-0.1, -0.05) is 194 Å². The molecule has 11 aromatic carbocycles. The molecule has 0 radical (unpaired) electrons. The first-order valence-electron chi connectivity index (χ1n) is 25.2. The van der Waals surface area contributed by atoms with Crippen LogP contribution >= 0.6 is 0 Å². The van der Waals surface area contributed by atoms with Crippen molar-refractivity contribution < 1.29 is 8.83 Å². The highest BCUT2D eigenvalue weighted by Crippen LogP contribution is 2.45. The Morgan fingerprint density at radius 1 is 0.267 bits per heavy atom. The van der Waals surface area contributed by atoms with Crippen molar-refractivity contribution >= 4 is 65.7 Å². The molecule has 0 atom stereocenters. The number of fused-ring (bicyclic) bond motifs is 9. The van der Waals surface area contributed by atoms with Crippen LogP contribution in [0.15, 0.2) is 264 Å². The maximum Gasteiger partial charge on any atom is 0.164 e. The van der Waals surface area contributed by atoms with E-state index in [1.165, 1.54) is 21.9 Å². The summed E-state index contributed by atoms with van der Waals surface area (Å²) < 4.78 is 16.1. The van der Waals surface area contributed by atoms with Gasteiger partial charge in [0.15, 0.2) is 23.1 Å². The molecule has 0 aliphatic heterocycles. The summed E-state index contributed by atoms with van der Waals surface area (Å²) in [5.41, 5.74) is 18.0. The van der Waals surface area contributed by atoms with Gasteiger partial charge in [0, 0.05) is 54.6 Å². The highest BCUT2D eigenvalue weighted by atomic mass is 16.3. The summed E-state index contributed by atoms with van der Waals surface area (Å²) in [5.74, 6) is 1.85. The van der Waals surface area contributed by atoms with Crippen LogP contribution in [0.2, 0.25) is 0 Å². The van der Waals surface area contributed by atoms with Crippen LogP contribution in [0.1, 0.15) is 0 Å². The third-order valence-corrected chi connectivity index (χ3v) is 14.6. The summed E-state index contributed by atoms with van der Waals surface area (Å²) in [6.45, 7) is 0. The van der Waals surface area contributed by atoms with Gasteiger partial charge >= 0.3 is 0 Å². The smallest absolute Gasteiger partial charge is 0.164 e. The summed E-state index contributed by atoms with van der Waals surface area (Å²) in [7, 11) is 0. The number of furan rings is 2. The van der Waals surface area contributed by atoms with Crippen LogP contribution in [-0.4, -0.2) is 19.5 Å². The van der Waals surface area contributed by atoms with E-state index in [1.54, 1.807) is 0 Å². The molecule has 0 unspecified atom stereocenters. The van der Waals surface area contributed by atoms with Gasteiger partial charge in [-0.2, -0.15) is 0 Å². The average molecular weight is 959 g/mol.